The van der Waals surface area contributed by atoms with Gasteiger partial charge in [0.25, 0.3) is 0 Å². The minimum Gasteiger partial charge on any atom is -0.393 e. The zero-order chi connectivity index (χ0) is 18.8. The Labute approximate surface area is 160 Å². The van der Waals surface area contributed by atoms with Crippen LogP contribution in [0.5, 0.6) is 0 Å². The van der Waals surface area contributed by atoms with Crippen LogP contribution in [0.1, 0.15) is 51.5 Å². The van der Waals surface area contributed by atoms with Gasteiger partial charge in [0.2, 0.25) is 0 Å². The molecule has 2 rings (SSSR count). The Morgan fingerprint density at radius 2 is 2.08 bits per heavy atom. The zero-order valence-electron chi connectivity index (χ0n) is 16.0. The second-order valence-corrected chi connectivity index (χ2v) is 8.07. The van der Waals surface area contributed by atoms with Crippen LogP contribution in [0.4, 0.5) is 5.82 Å². The Morgan fingerprint density at radius 1 is 1.27 bits per heavy atom. The maximum atomic E-state index is 10.1. The number of hydrogen-bond donors (Lipinski definition) is 4. The van der Waals surface area contributed by atoms with E-state index < -0.39 is 0 Å². The minimum absolute atomic E-state index is 0.251. The van der Waals surface area contributed by atoms with E-state index in [1.54, 1.807) is 0 Å². The normalized spacial score (nSPS) is 14.0. The third kappa shape index (κ3) is 6.45. The molecule has 6 nitrogen and oxygen atoms in total. The molecule has 0 spiro atoms. The summed E-state index contributed by atoms with van der Waals surface area (Å²) in [7, 11) is 0. The molecule has 2 aromatic rings. The average Bonchev–Trinajstić information content (AvgIpc) is 3.03. The van der Waals surface area contributed by atoms with Gasteiger partial charge in [-0.15, -0.1) is 0 Å². The van der Waals surface area contributed by atoms with Gasteiger partial charge in [0.05, 0.1) is 11.6 Å². The SMILES string of the molecule is CCCCCCCSCC(CNCc1c[nH]c2c(N)ncnc12)C(C)O. The van der Waals surface area contributed by atoms with Crippen molar-refractivity contribution < 1.29 is 5.11 Å². The number of nitrogen functional groups attached to an aromatic ring is 1. The molecule has 5 N–H and O–H groups in total. The topological polar surface area (TPSA) is 99.9 Å². The Bertz CT molecular complexity index is 646. The molecule has 2 atom stereocenters. The number of thioether (sulfide) groups is 1. The fourth-order valence-corrected chi connectivity index (χ4v) is 4.22. The van der Waals surface area contributed by atoms with E-state index in [1.807, 2.05) is 24.9 Å². The number of aliphatic hydroxyl groups is 1. The van der Waals surface area contributed by atoms with Crippen molar-refractivity contribution in [3.05, 3.63) is 18.1 Å². The fourth-order valence-electron chi connectivity index (χ4n) is 2.95. The summed E-state index contributed by atoms with van der Waals surface area (Å²) < 4.78 is 0. The lowest BCUT2D eigenvalue weighted by Crippen LogP contribution is -2.31. The first-order valence-corrected chi connectivity index (χ1v) is 10.8. The lowest BCUT2D eigenvalue weighted by Gasteiger charge is -2.20. The Morgan fingerprint density at radius 3 is 2.85 bits per heavy atom. The smallest absolute Gasteiger partial charge is 0.151 e. The fraction of sp³-hybridized carbons (Fsp3) is 0.684. The number of aromatic amines is 1. The summed E-state index contributed by atoms with van der Waals surface area (Å²) >= 11 is 1.96. The van der Waals surface area contributed by atoms with Crippen molar-refractivity contribution in [1.82, 2.24) is 20.3 Å². The van der Waals surface area contributed by atoms with Crippen molar-refractivity contribution >= 4 is 28.6 Å². The Balaban J connectivity index is 1.71. The zero-order valence-corrected chi connectivity index (χ0v) is 16.8. The van der Waals surface area contributed by atoms with Crippen LogP contribution < -0.4 is 11.1 Å². The number of aromatic nitrogens is 3. The average molecular weight is 380 g/mol. The summed E-state index contributed by atoms with van der Waals surface area (Å²) in [4.78, 5) is 11.4. The number of aliphatic hydroxyl groups excluding tert-OH is 1. The van der Waals surface area contributed by atoms with Gasteiger partial charge in [0.1, 0.15) is 11.8 Å². The van der Waals surface area contributed by atoms with Gasteiger partial charge in [-0.2, -0.15) is 11.8 Å². The van der Waals surface area contributed by atoms with E-state index in [4.69, 9.17) is 5.73 Å². The van der Waals surface area contributed by atoms with Gasteiger partial charge < -0.3 is 21.1 Å². The molecule has 0 saturated carbocycles. The van der Waals surface area contributed by atoms with Crippen LogP contribution in [0.15, 0.2) is 12.5 Å². The molecule has 0 amide bonds. The highest BCUT2D eigenvalue weighted by Crippen LogP contribution is 2.19. The lowest BCUT2D eigenvalue weighted by atomic mass is 10.1. The van der Waals surface area contributed by atoms with Gasteiger partial charge in [0.15, 0.2) is 5.82 Å². The molecular formula is C19H33N5OS. The summed E-state index contributed by atoms with van der Waals surface area (Å²) in [6.07, 6.45) is 9.68. The minimum atomic E-state index is -0.309. The van der Waals surface area contributed by atoms with Crippen LogP contribution >= 0.6 is 11.8 Å². The highest BCUT2D eigenvalue weighted by molar-refractivity contribution is 7.99. The summed E-state index contributed by atoms with van der Waals surface area (Å²) in [5.74, 6) is 2.89. The van der Waals surface area contributed by atoms with E-state index in [1.165, 1.54) is 44.2 Å². The summed E-state index contributed by atoms with van der Waals surface area (Å²) in [6.45, 7) is 5.61. The van der Waals surface area contributed by atoms with E-state index in [2.05, 4.69) is 27.2 Å². The second-order valence-electron chi connectivity index (χ2n) is 6.92. The molecule has 0 aliphatic carbocycles. The molecule has 0 aromatic carbocycles. The van der Waals surface area contributed by atoms with E-state index in [0.29, 0.717) is 12.4 Å². The van der Waals surface area contributed by atoms with Crippen molar-refractivity contribution in [3.63, 3.8) is 0 Å². The Kier molecular flexibility index (Phi) is 9.22. The number of anilines is 1. The van der Waals surface area contributed by atoms with Crippen LogP contribution in [0.25, 0.3) is 11.0 Å². The van der Waals surface area contributed by atoms with Gasteiger partial charge in [0, 0.05) is 30.8 Å². The maximum absolute atomic E-state index is 10.1. The third-order valence-electron chi connectivity index (χ3n) is 4.70. The first-order chi connectivity index (χ1) is 12.6. The molecule has 26 heavy (non-hydrogen) atoms. The quantitative estimate of drug-likeness (QED) is 0.398. The van der Waals surface area contributed by atoms with E-state index >= 15 is 0 Å². The largest absolute Gasteiger partial charge is 0.393 e. The summed E-state index contributed by atoms with van der Waals surface area (Å²) in [6, 6.07) is 0. The molecule has 2 aromatic heterocycles. The number of H-pyrrole nitrogens is 1. The van der Waals surface area contributed by atoms with Gasteiger partial charge >= 0.3 is 0 Å². The van der Waals surface area contributed by atoms with Gasteiger partial charge in [-0.05, 0) is 24.9 Å². The third-order valence-corrected chi connectivity index (χ3v) is 5.94. The highest BCUT2D eigenvalue weighted by atomic mass is 32.2. The van der Waals surface area contributed by atoms with Crippen molar-refractivity contribution in [2.75, 3.05) is 23.8 Å². The molecule has 146 valence electrons. The number of nitrogens with two attached hydrogens (primary N) is 1. The summed E-state index contributed by atoms with van der Waals surface area (Å²) in [5, 5.41) is 13.5. The van der Waals surface area contributed by atoms with Crippen LogP contribution in [0.3, 0.4) is 0 Å². The van der Waals surface area contributed by atoms with Gasteiger partial charge in [-0.3, -0.25) is 0 Å². The molecule has 0 fully saturated rings. The number of nitrogens with zero attached hydrogens (tertiary/aromatic N) is 2. The summed E-state index contributed by atoms with van der Waals surface area (Å²) in [5.41, 5.74) is 8.57. The number of unbranched alkanes of at least 4 members (excludes halogenated alkanes) is 4. The van der Waals surface area contributed by atoms with E-state index in [-0.39, 0.29) is 12.0 Å². The van der Waals surface area contributed by atoms with Crippen LogP contribution in [0.2, 0.25) is 0 Å². The van der Waals surface area contributed by atoms with Crippen molar-refractivity contribution in [1.29, 1.82) is 0 Å². The second kappa shape index (κ2) is 11.4. The first-order valence-electron chi connectivity index (χ1n) is 9.66. The first kappa shape index (κ1) is 21.0. The molecule has 0 radical (unpaired) electrons. The van der Waals surface area contributed by atoms with E-state index in [9.17, 15) is 5.11 Å². The van der Waals surface area contributed by atoms with Crippen molar-refractivity contribution in [2.24, 2.45) is 5.92 Å². The monoisotopic (exact) mass is 379 g/mol. The number of nitrogens with one attached hydrogen (secondary N) is 2. The van der Waals surface area contributed by atoms with Crippen LogP contribution in [-0.4, -0.2) is 44.2 Å². The van der Waals surface area contributed by atoms with Crippen molar-refractivity contribution in [3.8, 4) is 0 Å². The molecule has 2 unspecified atom stereocenters. The highest BCUT2D eigenvalue weighted by Gasteiger charge is 2.15. The molecule has 7 heteroatoms. The van der Waals surface area contributed by atoms with Crippen molar-refractivity contribution in [2.45, 2.75) is 58.6 Å². The van der Waals surface area contributed by atoms with Gasteiger partial charge in [-0.25, -0.2) is 9.97 Å². The predicted octanol–water partition coefficient (Wildman–Crippen LogP) is 3.33. The lowest BCUT2D eigenvalue weighted by molar-refractivity contribution is 0.136. The number of fused-ring (bicyclic) bond motifs is 1. The number of rotatable bonds is 13. The maximum Gasteiger partial charge on any atom is 0.151 e. The molecule has 0 saturated heterocycles. The Hall–Kier alpha value is -1.31. The molecule has 0 aliphatic rings. The van der Waals surface area contributed by atoms with Crippen LogP contribution in [0, 0.1) is 5.92 Å². The van der Waals surface area contributed by atoms with Gasteiger partial charge in [-0.1, -0.05) is 32.6 Å². The van der Waals surface area contributed by atoms with Crippen LogP contribution in [-0.2, 0) is 6.54 Å². The molecule has 0 aliphatic heterocycles. The molecule has 0 bridgehead atoms. The standard InChI is InChI=1S/C19H33N5OS/c1-3-4-5-6-7-8-26-12-16(14(2)25)10-21-9-15-11-22-18-17(15)23-13-24-19(18)20/h11,13-14,16,21-22,25H,3-10,12H2,1-2H3,(H2,20,23,24). The predicted molar refractivity (Wildman–Crippen MR) is 111 cm³/mol. The van der Waals surface area contributed by atoms with E-state index in [0.717, 1.165) is 28.9 Å². The molecular weight excluding hydrogens is 346 g/mol. The molecule has 2 heterocycles. The number of hydrogen-bond acceptors (Lipinski definition) is 6.